The van der Waals surface area contributed by atoms with Gasteiger partial charge in [-0.2, -0.15) is 5.10 Å². The SMILES string of the molecule is Cc1cccnc1Cn1cc(N)cn1. The molecule has 0 aliphatic rings. The van der Waals surface area contributed by atoms with Gasteiger partial charge in [-0.25, -0.2) is 0 Å². The first-order chi connectivity index (χ1) is 6.75. The van der Waals surface area contributed by atoms with Crippen LogP contribution < -0.4 is 5.73 Å². The molecule has 4 heteroatoms. The van der Waals surface area contributed by atoms with Gasteiger partial charge in [0.2, 0.25) is 0 Å². The Balaban J connectivity index is 2.23. The average molecular weight is 188 g/mol. The lowest BCUT2D eigenvalue weighted by Crippen LogP contribution is -2.03. The highest BCUT2D eigenvalue weighted by Gasteiger charge is 2.00. The third-order valence-electron chi connectivity index (χ3n) is 2.08. The van der Waals surface area contributed by atoms with Crippen LogP contribution in [0.4, 0.5) is 5.69 Å². The fraction of sp³-hybridized carbons (Fsp3) is 0.200. The van der Waals surface area contributed by atoms with Crippen molar-refractivity contribution in [2.75, 3.05) is 5.73 Å². The Hall–Kier alpha value is -1.84. The highest BCUT2D eigenvalue weighted by Crippen LogP contribution is 2.06. The van der Waals surface area contributed by atoms with Crippen molar-refractivity contribution in [2.24, 2.45) is 0 Å². The second-order valence-corrected chi connectivity index (χ2v) is 3.24. The van der Waals surface area contributed by atoms with Gasteiger partial charge in [-0.1, -0.05) is 6.07 Å². The molecule has 2 aromatic heterocycles. The monoisotopic (exact) mass is 188 g/mol. The Bertz CT molecular complexity index is 433. The molecule has 0 fully saturated rings. The van der Waals surface area contributed by atoms with E-state index in [1.54, 1.807) is 23.3 Å². The van der Waals surface area contributed by atoms with E-state index in [9.17, 15) is 0 Å². The van der Waals surface area contributed by atoms with Crippen molar-refractivity contribution in [3.63, 3.8) is 0 Å². The molecule has 0 amide bonds. The number of rotatable bonds is 2. The molecule has 0 aliphatic heterocycles. The average Bonchev–Trinajstić information content (AvgIpc) is 2.56. The van der Waals surface area contributed by atoms with Crippen LogP contribution in [0.25, 0.3) is 0 Å². The van der Waals surface area contributed by atoms with E-state index in [2.05, 4.69) is 10.1 Å². The maximum atomic E-state index is 5.57. The van der Waals surface area contributed by atoms with Gasteiger partial charge in [-0.15, -0.1) is 0 Å². The number of aromatic nitrogens is 3. The van der Waals surface area contributed by atoms with Crippen LogP contribution in [0.15, 0.2) is 30.7 Å². The first-order valence-electron chi connectivity index (χ1n) is 4.44. The quantitative estimate of drug-likeness (QED) is 0.770. The van der Waals surface area contributed by atoms with Crippen molar-refractivity contribution in [1.82, 2.24) is 14.8 Å². The molecule has 0 saturated heterocycles. The molecule has 14 heavy (non-hydrogen) atoms. The molecule has 0 aliphatic carbocycles. The van der Waals surface area contributed by atoms with E-state index < -0.39 is 0 Å². The fourth-order valence-electron chi connectivity index (χ4n) is 1.30. The summed E-state index contributed by atoms with van der Waals surface area (Å²) in [7, 11) is 0. The first-order valence-corrected chi connectivity index (χ1v) is 4.44. The van der Waals surface area contributed by atoms with E-state index in [4.69, 9.17) is 5.73 Å². The van der Waals surface area contributed by atoms with Gasteiger partial charge in [0, 0.05) is 12.4 Å². The molecule has 2 aromatic rings. The molecule has 4 nitrogen and oxygen atoms in total. The summed E-state index contributed by atoms with van der Waals surface area (Å²) in [6, 6.07) is 3.96. The molecular weight excluding hydrogens is 176 g/mol. The molecule has 2 N–H and O–H groups in total. The molecule has 72 valence electrons. The lowest BCUT2D eigenvalue weighted by Gasteiger charge is -2.03. The number of nitrogens with two attached hydrogens (primary N) is 1. The molecule has 0 atom stereocenters. The van der Waals surface area contributed by atoms with Crippen molar-refractivity contribution >= 4 is 5.69 Å². The molecule has 0 spiro atoms. The van der Waals surface area contributed by atoms with Gasteiger partial charge in [0.05, 0.1) is 24.1 Å². The first kappa shape index (κ1) is 8.74. The summed E-state index contributed by atoms with van der Waals surface area (Å²) in [6.45, 7) is 2.71. The molecule has 0 saturated carbocycles. The van der Waals surface area contributed by atoms with Crippen LogP contribution in [-0.2, 0) is 6.54 Å². The largest absolute Gasteiger partial charge is 0.396 e. The van der Waals surface area contributed by atoms with Gasteiger partial charge in [0.1, 0.15) is 0 Å². The zero-order chi connectivity index (χ0) is 9.97. The van der Waals surface area contributed by atoms with E-state index in [0.29, 0.717) is 12.2 Å². The van der Waals surface area contributed by atoms with Crippen LogP contribution in [0.2, 0.25) is 0 Å². The summed E-state index contributed by atoms with van der Waals surface area (Å²) in [6.07, 6.45) is 5.22. The zero-order valence-electron chi connectivity index (χ0n) is 8.01. The van der Waals surface area contributed by atoms with E-state index in [0.717, 1.165) is 5.69 Å². The van der Waals surface area contributed by atoms with Crippen molar-refractivity contribution < 1.29 is 0 Å². The Morgan fingerprint density at radius 3 is 3.00 bits per heavy atom. The molecule has 0 unspecified atom stereocenters. The van der Waals surface area contributed by atoms with Gasteiger partial charge in [0.15, 0.2) is 0 Å². The highest BCUT2D eigenvalue weighted by atomic mass is 15.3. The molecule has 0 bridgehead atoms. The molecular formula is C10H12N4. The Labute approximate surface area is 82.4 Å². The number of pyridine rings is 1. The number of aryl methyl sites for hydroxylation is 1. The van der Waals surface area contributed by atoms with Gasteiger partial charge in [-0.3, -0.25) is 9.67 Å². The summed E-state index contributed by atoms with van der Waals surface area (Å²) >= 11 is 0. The fourth-order valence-corrected chi connectivity index (χ4v) is 1.30. The minimum absolute atomic E-state index is 0.671. The minimum atomic E-state index is 0.671. The second-order valence-electron chi connectivity index (χ2n) is 3.24. The number of hydrogen-bond acceptors (Lipinski definition) is 3. The van der Waals surface area contributed by atoms with E-state index in [-0.39, 0.29) is 0 Å². The number of nitrogen functional groups attached to an aromatic ring is 1. The van der Waals surface area contributed by atoms with Crippen LogP contribution in [-0.4, -0.2) is 14.8 Å². The standard InChI is InChI=1S/C10H12N4/c1-8-3-2-4-12-10(8)7-14-6-9(11)5-13-14/h2-6H,7,11H2,1H3. The number of nitrogens with zero attached hydrogens (tertiary/aromatic N) is 3. The molecule has 0 radical (unpaired) electrons. The highest BCUT2D eigenvalue weighted by molar-refractivity contribution is 5.31. The van der Waals surface area contributed by atoms with E-state index in [1.807, 2.05) is 19.1 Å². The Kier molecular flexibility index (Phi) is 2.18. The van der Waals surface area contributed by atoms with Crippen LogP contribution >= 0.6 is 0 Å². The van der Waals surface area contributed by atoms with Crippen LogP contribution in [0.5, 0.6) is 0 Å². The van der Waals surface area contributed by atoms with Crippen molar-refractivity contribution in [3.05, 3.63) is 42.0 Å². The van der Waals surface area contributed by atoms with Crippen LogP contribution in [0, 0.1) is 6.92 Å². The summed E-state index contributed by atoms with van der Waals surface area (Å²) in [4.78, 5) is 4.28. The van der Waals surface area contributed by atoms with Gasteiger partial charge >= 0.3 is 0 Å². The van der Waals surface area contributed by atoms with Gasteiger partial charge in [-0.05, 0) is 18.6 Å². The molecule has 0 aromatic carbocycles. The predicted molar refractivity (Wildman–Crippen MR) is 54.7 cm³/mol. The summed E-state index contributed by atoms with van der Waals surface area (Å²) < 4.78 is 1.78. The minimum Gasteiger partial charge on any atom is -0.396 e. The van der Waals surface area contributed by atoms with Crippen molar-refractivity contribution in [3.8, 4) is 0 Å². The normalized spacial score (nSPS) is 10.4. The smallest absolute Gasteiger partial charge is 0.0834 e. The molecule has 2 rings (SSSR count). The number of anilines is 1. The number of hydrogen-bond donors (Lipinski definition) is 1. The summed E-state index contributed by atoms with van der Waals surface area (Å²) in [5.74, 6) is 0. The van der Waals surface area contributed by atoms with Crippen LogP contribution in [0.3, 0.4) is 0 Å². The van der Waals surface area contributed by atoms with E-state index in [1.165, 1.54) is 5.56 Å². The summed E-state index contributed by atoms with van der Waals surface area (Å²) in [5.41, 5.74) is 8.44. The topological polar surface area (TPSA) is 56.7 Å². The second kappa shape index (κ2) is 3.49. The third kappa shape index (κ3) is 1.74. The van der Waals surface area contributed by atoms with Crippen molar-refractivity contribution in [1.29, 1.82) is 0 Å². The Morgan fingerprint density at radius 1 is 1.50 bits per heavy atom. The maximum absolute atomic E-state index is 5.57. The van der Waals surface area contributed by atoms with Crippen molar-refractivity contribution in [2.45, 2.75) is 13.5 Å². The predicted octanol–water partition coefficient (Wildman–Crippen LogP) is 1.22. The van der Waals surface area contributed by atoms with E-state index >= 15 is 0 Å². The summed E-state index contributed by atoms with van der Waals surface area (Å²) in [5, 5.41) is 4.10. The maximum Gasteiger partial charge on any atom is 0.0834 e. The lowest BCUT2D eigenvalue weighted by atomic mass is 10.2. The lowest BCUT2D eigenvalue weighted by molar-refractivity contribution is 0.669. The zero-order valence-corrected chi connectivity index (χ0v) is 8.01. The van der Waals surface area contributed by atoms with Gasteiger partial charge < -0.3 is 5.73 Å². The van der Waals surface area contributed by atoms with Crippen LogP contribution in [0.1, 0.15) is 11.3 Å². The van der Waals surface area contributed by atoms with Gasteiger partial charge in [0.25, 0.3) is 0 Å². The third-order valence-corrected chi connectivity index (χ3v) is 2.08. The Morgan fingerprint density at radius 2 is 2.36 bits per heavy atom. The molecule has 2 heterocycles.